The number of methoxy groups -OCH3 is 1. The minimum atomic E-state index is -0.302. The van der Waals surface area contributed by atoms with Gasteiger partial charge < -0.3 is 14.8 Å². The highest BCUT2D eigenvalue weighted by molar-refractivity contribution is 5.75. The summed E-state index contributed by atoms with van der Waals surface area (Å²) in [4.78, 5) is 11.0. The van der Waals surface area contributed by atoms with Crippen molar-refractivity contribution in [2.75, 3.05) is 14.2 Å². The van der Waals surface area contributed by atoms with E-state index in [1.54, 1.807) is 27.1 Å². The topological polar surface area (TPSA) is 38.3 Å². The van der Waals surface area contributed by atoms with Gasteiger partial charge in [0.25, 0.3) is 0 Å². The fourth-order valence-corrected chi connectivity index (χ4v) is 1.78. The Hall–Kier alpha value is -1.42. The molecule has 17 heavy (non-hydrogen) atoms. The number of hydrogen-bond acceptors (Lipinski definition) is 3. The summed E-state index contributed by atoms with van der Waals surface area (Å²) in [5.74, 6) is 0.457. The summed E-state index contributed by atoms with van der Waals surface area (Å²) in [6.07, 6.45) is 1.09. The fourth-order valence-electron chi connectivity index (χ4n) is 1.78. The summed E-state index contributed by atoms with van der Waals surface area (Å²) in [6.45, 7) is 1.55. The number of Topliss-reactive ketones (excluding diaryl/α,β-unsaturated/α-hetero) is 1. The van der Waals surface area contributed by atoms with Crippen molar-refractivity contribution in [3.63, 3.8) is 0 Å². The van der Waals surface area contributed by atoms with E-state index in [1.165, 1.54) is 12.1 Å². The van der Waals surface area contributed by atoms with Crippen LogP contribution in [0, 0.1) is 5.82 Å². The van der Waals surface area contributed by atoms with Crippen molar-refractivity contribution in [3.05, 3.63) is 29.6 Å². The molecule has 0 heterocycles. The first-order valence-electron chi connectivity index (χ1n) is 5.58. The largest absolute Gasteiger partial charge is 0.496 e. The maximum atomic E-state index is 13.2. The molecule has 0 saturated heterocycles. The summed E-state index contributed by atoms with van der Waals surface area (Å²) in [5.41, 5.74) is 0.747. The lowest BCUT2D eigenvalue weighted by atomic mass is 10.00. The van der Waals surface area contributed by atoms with Gasteiger partial charge in [0.05, 0.1) is 7.11 Å². The number of ether oxygens (including phenoxy) is 1. The van der Waals surface area contributed by atoms with Gasteiger partial charge in [-0.15, -0.1) is 0 Å². The van der Waals surface area contributed by atoms with Crippen molar-refractivity contribution in [1.82, 2.24) is 5.32 Å². The van der Waals surface area contributed by atoms with E-state index in [-0.39, 0.29) is 17.6 Å². The quantitative estimate of drug-likeness (QED) is 0.828. The van der Waals surface area contributed by atoms with Gasteiger partial charge in [0, 0.05) is 18.0 Å². The van der Waals surface area contributed by atoms with Gasteiger partial charge in [-0.05, 0) is 38.6 Å². The Labute approximate surface area is 101 Å². The molecule has 0 aromatic heterocycles. The van der Waals surface area contributed by atoms with Crippen LogP contribution in [0.15, 0.2) is 18.2 Å². The summed E-state index contributed by atoms with van der Waals surface area (Å²) < 4.78 is 18.4. The molecule has 1 unspecified atom stereocenters. The van der Waals surface area contributed by atoms with Crippen molar-refractivity contribution >= 4 is 5.78 Å². The molecule has 0 radical (unpaired) electrons. The highest BCUT2D eigenvalue weighted by Crippen LogP contribution is 2.28. The number of nitrogens with one attached hydrogen (secondary N) is 1. The summed E-state index contributed by atoms with van der Waals surface area (Å²) in [7, 11) is 3.34. The Morgan fingerprint density at radius 2 is 2.24 bits per heavy atom. The van der Waals surface area contributed by atoms with E-state index >= 15 is 0 Å². The second kappa shape index (κ2) is 6.35. The van der Waals surface area contributed by atoms with Crippen LogP contribution in [0.25, 0.3) is 0 Å². The van der Waals surface area contributed by atoms with Crippen LogP contribution in [0.5, 0.6) is 5.75 Å². The van der Waals surface area contributed by atoms with E-state index in [2.05, 4.69) is 5.32 Å². The first-order valence-corrected chi connectivity index (χ1v) is 5.58. The average Bonchev–Trinajstić information content (AvgIpc) is 2.30. The standard InChI is InChI=1S/C13H18FNO2/c1-9(16)4-6-12(15-2)11-8-10(14)5-7-13(11)17-3/h5,7-8,12,15H,4,6H2,1-3H3. The van der Waals surface area contributed by atoms with Crippen LogP contribution in [-0.4, -0.2) is 19.9 Å². The second-order valence-electron chi connectivity index (χ2n) is 3.97. The third kappa shape index (κ3) is 3.82. The number of carbonyl (C=O) groups is 1. The zero-order chi connectivity index (χ0) is 12.8. The van der Waals surface area contributed by atoms with Crippen LogP contribution in [-0.2, 0) is 4.79 Å². The maximum absolute atomic E-state index is 13.2. The molecular weight excluding hydrogens is 221 g/mol. The van der Waals surface area contributed by atoms with Crippen LogP contribution in [0.4, 0.5) is 4.39 Å². The summed E-state index contributed by atoms with van der Waals surface area (Å²) >= 11 is 0. The molecule has 4 heteroatoms. The molecule has 0 aliphatic carbocycles. The van der Waals surface area contributed by atoms with Crippen molar-refractivity contribution in [2.45, 2.75) is 25.8 Å². The molecule has 0 spiro atoms. The minimum absolute atomic E-state index is 0.0791. The molecule has 0 aliphatic rings. The molecule has 1 atom stereocenters. The Kier molecular flexibility index (Phi) is 5.10. The summed E-state index contributed by atoms with van der Waals surface area (Å²) in [5, 5.41) is 3.08. The van der Waals surface area contributed by atoms with Gasteiger partial charge in [-0.25, -0.2) is 4.39 Å². The Morgan fingerprint density at radius 3 is 2.76 bits per heavy atom. The SMILES string of the molecule is CNC(CCC(C)=O)c1cc(F)ccc1OC. The van der Waals surface area contributed by atoms with E-state index in [9.17, 15) is 9.18 Å². The van der Waals surface area contributed by atoms with E-state index < -0.39 is 0 Å². The van der Waals surface area contributed by atoms with Gasteiger partial charge in [0.15, 0.2) is 0 Å². The first-order chi connectivity index (χ1) is 8.08. The second-order valence-corrected chi connectivity index (χ2v) is 3.97. The first kappa shape index (κ1) is 13.6. The third-order valence-corrected chi connectivity index (χ3v) is 2.70. The monoisotopic (exact) mass is 239 g/mol. The predicted molar refractivity (Wildman–Crippen MR) is 64.7 cm³/mol. The Balaban J connectivity index is 2.93. The van der Waals surface area contributed by atoms with Crippen LogP contribution < -0.4 is 10.1 Å². The average molecular weight is 239 g/mol. The lowest BCUT2D eigenvalue weighted by molar-refractivity contribution is -0.117. The molecule has 94 valence electrons. The molecule has 1 aromatic rings. The van der Waals surface area contributed by atoms with Crippen molar-refractivity contribution in [3.8, 4) is 5.75 Å². The van der Waals surface area contributed by atoms with Crippen LogP contribution in [0.1, 0.15) is 31.4 Å². The van der Waals surface area contributed by atoms with Crippen LogP contribution in [0.3, 0.4) is 0 Å². The number of rotatable bonds is 6. The van der Waals surface area contributed by atoms with Crippen LogP contribution in [0.2, 0.25) is 0 Å². The molecule has 3 nitrogen and oxygen atoms in total. The lowest BCUT2D eigenvalue weighted by Gasteiger charge is -2.18. The predicted octanol–water partition coefficient (Wildman–Crippen LogP) is 2.46. The van der Waals surface area contributed by atoms with Crippen LogP contribution >= 0.6 is 0 Å². The van der Waals surface area contributed by atoms with E-state index in [4.69, 9.17) is 4.74 Å². The van der Waals surface area contributed by atoms with E-state index in [0.29, 0.717) is 18.6 Å². The zero-order valence-electron chi connectivity index (χ0n) is 10.4. The Morgan fingerprint density at radius 1 is 1.53 bits per heavy atom. The normalized spacial score (nSPS) is 12.2. The Bertz CT molecular complexity index is 393. The molecule has 0 saturated carbocycles. The zero-order valence-corrected chi connectivity index (χ0v) is 10.4. The molecule has 0 aliphatic heterocycles. The molecule has 1 rings (SSSR count). The van der Waals surface area contributed by atoms with Gasteiger partial charge in [-0.1, -0.05) is 0 Å². The van der Waals surface area contributed by atoms with Gasteiger partial charge in [-0.3, -0.25) is 0 Å². The maximum Gasteiger partial charge on any atom is 0.129 e. The number of carbonyl (C=O) groups excluding carboxylic acids is 1. The summed E-state index contributed by atoms with van der Waals surface area (Å²) in [6, 6.07) is 4.33. The third-order valence-electron chi connectivity index (χ3n) is 2.70. The van der Waals surface area contributed by atoms with Gasteiger partial charge in [0.2, 0.25) is 0 Å². The smallest absolute Gasteiger partial charge is 0.129 e. The highest BCUT2D eigenvalue weighted by Gasteiger charge is 2.15. The molecule has 0 fully saturated rings. The minimum Gasteiger partial charge on any atom is -0.496 e. The molecular formula is C13H18FNO2. The van der Waals surface area contributed by atoms with Crippen molar-refractivity contribution < 1.29 is 13.9 Å². The molecule has 1 aromatic carbocycles. The van der Waals surface area contributed by atoms with E-state index in [0.717, 1.165) is 5.56 Å². The van der Waals surface area contributed by atoms with Gasteiger partial charge in [0.1, 0.15) is 17.3 Å². The van der Waals surface area contributed by atoms with E-state index in [1.807, 2.05) is 0 Å². The van der Waals surface area contributed by atoms with Gasteiger partial charge in [-0.2, -0.15) is 0 Å². The number of ketones is 1. The highest BCUT2D eigenvalue weighted by atomic mass is 19.1. The van der Waals surface area contributed by atoms with Crippen molar-refractivity contribution in [1.29, 1.82) is 0 Å². The number of halogens is 1. The lowest BCUT2D eigenvalue weighted by Crippen LogP contribution is -2.18. The van der Waals surface area contributed by atoms with Crippen molar-refractivity contribution in [2.24, 2.45) is 0 Å². The molecule has 0 bridgehead atoms. The number of hydrogen-bond donors (Lipinski definition) is 1. The number of benzene rings is 1. The van der Waals surface area contributed by atoms with Gasteiger partial charge >= 0.3 is 0 Å². The fraction of sp³-hybridized carbons (Fsp3) is 0.462. The molecule has 0 amide bonds. The molecule has 1 N–H and O–H groups in total.